The summed E-state index contributed by atoms with van der Waals surface area (Å²) in [4.78, 5) is 1.86. The monoisotopic (exact) mass is 193 g/mol. The van der Waals surface area contributed by atoms with Crippen molar-refractivity contribution in [3.05, 3.63) is 30.8 Å². The zero-order valence-corrected chi connectivity index (χ0v) is 8.03. The molecule has 74 valence electrons. The highest BCUT2D eigenvalue weighted by molar-refractivity contribution is 5.61. The molecule has 3 heteroatoms. The van der Waals surface area contributed by atoms with Crippen molar-refractivity contribution in [1.29, 1.82) is 0 Å². The van der Waals surface area contributed by atoms with Crippen molar-refractivity contribution in [2.75, 3.05) is 18.6 Å². The number of likely N-dealkylation sites (N-methyl/N-ethyl adjacent to an activating group) is 1. The van der Waals surface area contributed by atoms with E-state index in [1.165, 1.54) is 0 Å². The molecule has 2 rings (SSSR count). The van der Waals surface area contributed by atoms with Crippen molar-refractivity contribution in [2.24, 2.45) is 0 Å². The van der Waals surface area contributed by atoms with Gasteiger partial charge in [0.15, 0.2) is 0 Å². The third-order valence-corrected chi connectivity index (χ3v) is 2.20. The van der Waals surface area contributed by atoms with Gasteiger partial charge < -0.3 is 9.64 Å². The number of alkyl halides is 1. The van der Waals surface area contributed by atoms with Crippen LogP contribution in [0.2, 0.25) is 0 Å². The predicted octanol–water partition coefficient (Wildman–Crippen LogP) is 2.28. The Balaban J connectivity index is 2.20. The number of para-hydroxylation sites is 2. The van der Waals surface area contributed by atoms with Crippen molar-refractivity contribution < 1.29 is 9.13 Å². The van der Waals surface area contributed by atoms with Gasteiger partial charge in [0.2, 0.25) is 0 Å². The highest BCUT2D eigenvalue weighted by Gasteiger charge is 2.23. The van der Waals surface area contributed by atoms with E-state index in [-0.39, 0.29) is 12.8 Å². The van der Waals surface area contributed by atoms with E-state index in [2.05, 4.69) is 6.54 Å². The predicted molar refractivity (Wildman–Crippen MR) is 53.1 cm³/mol. The number of nitrogens with zero attached hydrogens (tertiary/aromatic N) is 1. The van der Waals surface area contributed by atoms with E-state index in [0.29, 0.717) is 6.42 Å². The summed E-state index contributed by atoms with van der Waals surface area (Å²) in [6, 6.07) is 7.69. The van der Waals surface area contributed by atoms with Gasteiger partial charge in [-0.2, -0.15) is 0 Å². The molecule has 14 heavy (non-hydrogen) atoms. The lowest BCUT2D eigenvalue weighted by Gasteiger charge is -2.32. The second kappa shape index (κ2) is 3.86. The van der Waals surface area contributed by atoms with E-state index in [1.54, 1.807) is 0 Å². The van der Waals surface area contributed by atoms with Gasteiger partial charge in [0, 0.05) is 13.5 Å². The molecule has 1 aromatic rings. The maximum Gasteiger partial charge on any atom is 0.143 e. The van der Waals surface area contributed by atoms with Gasteiger partial charge in [-0.15, -0.1) is 0 Å². The molecule has 0 aliphatic carbocycles. The molecule has 1 aliphatic heterocycles. The molecule has 0 saturated carbocycles. The molecular formula is C11H12FNO. The fourth-order valence-electron chi connectivity index (χ4n) is 1.52. The number of hydrogen-bond donors (Lipinski definition) is 0. The molecule has 2 radical (unpaired) electrons. The lowest BCUT2D eigenvalue weighted by molar-refractivity contribution is 0.197. The van der Waals surface area contributed by atoms with Crippen molar-refractivity contribution >= 4 is 5.69 Å². The van der Waals surface area contributed by atoms with Crippen LogP contribution in [0.1, 0.15) is 6.42 Å². The summed E-state index contributed by atoms with van der Waals surface area (Å²) in [7, 11) is 1.90. The number of benzene rings is 1. The van der Waals surface area contributed by atoms with Crippen molar-refractivity contribution in [3.8, 4) is 5.75 Å². The maximum absolute atomic E-state index is 12.1. The van der Waals surface area contributed by atoms with Crippen LogP contribution in [-0.4, -0.2) is 19.8 Å². The molecular weight excluding hydrogens is 181 g/mol. The van der Waals surface area contributed by atoms with Gasteiger partial charge in [0.25, 0.3) is 0 Å². The van der Waals surface area contributed by atoms with E-state index >= 15 is 0 Å². The molecule has 1 aromatic carbocycles. The first-order chi connectivity index (χ1) is 6.81. The third kappa shape index (κ3) is 1.67. The molecule has 1 heterocycles. The van der Waals surface area contributed by atoms with Crippen molar-refractivity contribution in [3.63, 3.8) is 0 Å². The third-order valence-electron chi connectivity index (χ3n) is 2.20. The Morgan fingerprint density at radius 1 is 1.50 bits per heavy atom. The van der Waals surface area contributed by atoms with E-state index in [1.807, 2.05) is 36.2 Å². The number of hydrogen-bond acceptors (Lipinski definition) is 2. The SMILES string of the molecule is CN1[C]C(CCF)Oc2ccccc21. The quantitative estimate of drug-likeness (QED) is 0.714. The minimum absolute atomic E-state index is 0.264. The molecule has 0 fully saturated rings. The lowest BCUT2D eigenvalue weighted by Crippen LogP contribution is -2.33. The summed E-state index contributed by atoms with van der Waals surface area (Å²) in [5.74, 6) is 0.798. The molecule has 0 aromatic heterocycles. The largest absolute Gasteiger partial charge is 0.485 e. The Labute approximate surface area is 83.3 Å². The smallest absolute Gasteiger partial charge is 0.143 e. The summed E-state index contributed by atoms with van der Waals surface area (Å²) in [5, 5.41) is 0. The van der Waals surface area contributed by atoms with Crippen LogP contribution in [0.4, 0.5) is 10.1 Å². The number of fused-ring (bicyclic) bond motifs is 1. The zero-order valence-electron chi connectivity index (χ0n) is 8.03. The average molecular weight is 193 g/mol. The van der Waals surface area contributed by atoms with Crippen LogP contribution in [0.3, 0.4) is 0 Å². The van der Waals surface area contributed by atoms with Crippen LogP contribution in [-0.2, 0) is 0 Å². The van der Waals surface area contributed by atoms with E-state index < -0.39 is 0 Å². The summed E-state index contributed by atoms with van der Waals surface area (Å²) in [6.45, 7) is 2.66. The molecule has 1 aliphatic rings. The topological polar surface area (TPSA) is 12.5 Å². The van der Waals surface area contributed by atoms with Gasteiger partial charge in [-0.3, -0.25) is 4.39 Å². The van der Waals surface area contributed by atoms with Crippen LogP contribution in [0.5, 0.6) is 5.75 Å². The van der Waals surface area contributed by atoms with Gasteiger partial charge in [-0.25, -0.2) is 0 Å². The molecule has 2 nitrogen and oxygen atoms in total. The first kappa shape index (κ1) is 9.31. The number of anilines is 1. The Morgan fingerprint density at radius 2 is 2.29 bits per heavy atom. The lowest BCUT2D eigenvalue weighted by atomic mass is 10.1. The first-order valence-corrected chi connectivity index (χ1v) is 4.63. The zero-order chi connectivity index (χ0) is 9.97. The highest BCUT2D eigenvalue weighted by Crippen LogP contribution is 2.34. The Bertz CT molecular complexity index is 316. The Kier molecular flexibility index (Phi) is 2.57. The van der Waals surface area contributed by atoms with E-state index in [4.69, 9.17) is 4.74 Å². The fraction of sp³-hybridized carbons (Fsp3) is 0.364. The number of halogens is 1. The van der Waals surface area contributed by atoms with Gasteiger partial charge in [-0.1, -0.05) is 12.1 Å². The Hall–Kier alpha value is -1.25. The molecule has 1 atom stereocenters. The van der Waals surface area contributed by atoms with Gasteiger partial charge >= 0.3 is 0 Å². The maximum atomic E-state index is 12.1. The van der Waals surface area contributed by atoms with Crippen LogP contribution in [0.25, 0.3) is 0 Å². The van der Waals surface area contributed by atoms with Gasteiger partial charge in [-0.05, 0) is 12.1 Å². The summed E-state index contributed by atoms with van der Waals surface area (Å²) in [5.41, 5.74) is 0.975. The fourth-order valence-corrected chi connectivity index (χ4v) is 1.52. The molecule has 0 bridgehead atoms. The molecule has 1 unspecified atom stereocenters. The minimum atomic E-state index is -0.381. The molecule has 0 N–H and O–H groups in total. The van der Waals surface area contributed by atoms with Crippen LogP contribution in [0, 0.1) is 6.54 Å². The van der Waals surface area contributed by atoms with Crippen molar-refractivity contribution in [2.45, 2.75) is 12.5 Å². The van der Waals surface area contributed by atoms with E-state index in [9.17, 15) is 4.39 Å². The Morgan fingerprint density at radius 3 is 3.07 bits per heavy atom. The highest BCUT2D eigenvalue weighted by atomic mass is 19.1. The summed E-state index contributed by atoms with van der Waals surface area (Å²) >= 11 is 0. The number of ether oxygens (including phenoxy) is 1. The van der Waals surface area contributed by atoms with E-state index in [0.717, 1.165) is 11.4 Å². The normalized spacial score (nSPS) is 20.1. The second-order valence-electron chi connectivity index (χ2n) is 3.24. The first-order valence-electron chi connectivity index (χ1n) is 4.63. The molecule has 0 saturated heterocycles. The van der Waals surface area contributed by atoms with Crippen LogP contribution in [0.15, 0.2) is 24.3 Å². The van der Waals surface area contributed by atoms with Gasteiger partial charge in [0.1, 0.15) is 18.4 Å². The van der Waals surface area contributed by atoms with Crippen molar-refractivity contribution in [1.82, 2.24) is 0 Å². The molecule has 0 amide bonds. The standard InChI is InChI=1S/C11H12FNO/c1-13-8-9(6-7-12)14-11-5-3-2-4-10(11)13/h2-5,9H,6-7H2,1H3. The molecule has 0 spiro atoms. The van der Waals surface area contributed by atoms with Crippen LogP contribution < -0.4 is 9.64 Å². The minimum Gasteiger partial charge on any atom is -0.485 e. The van der Waals surface area contributed by atoms with Crippen LogP contribution >= 0.6 is 0 Å². The average Bonchev–Trinajstić information content (AvgIpc) is 2.18. The van der Waals surface area contributed by atoms with Gasteiger partial charge in [0.05, 0.1) is 12.4 Å². The second-order valence-corrected chi connectivity index (χ2v) is 3.24. The number of rotatable bonds is 2. The summed E-state index contributed by atoms with van der Waals surface area (Å²) in [6.07, 6.45) is 0.0958. The summed E-state index contributed by atoms with van der Waals surface area (Å²) < 4.78 is 17.7.